The minimum Gasteiger partial charge on any atom is -0.305 e. The lowest BCUT2D eigenvalue weighted by Crippen LogP contribution is -2.25. The monoisotopic (exact) mass is 292 g/mol. The number of aromatic nitrogens is 1. The maximum absolute atomic E-state index is 14.0. The van der Waals surface area contributed by atoms with Crippen LogP contribution in [0.15, 0.2) is 36.5 Å². The van der Waals surface area contributed by atoms with Gasteiger partial charge in [0, 0.05) is 11.2 Å². The summed E-state index contributed by atoms with van der Waals surface area (Å²) in [7, 11) is 0. The van der Waals surface area contributed by atoms with Crippen LogP contribution in [0.1, 0.15) is 36.2 Å². The van der Waals surface area contributed by atoms with Crippen molar-refractivity contribution in [1.82, 2.24) is 10.3 Å². The highest BCUT2D eigenvalue weighted by atomic mass is 35.5. The van der Waals surface area contributed by atoms with Crippen LogP contribution in [0.3, 0.4) is 0 Å². The van der Waals surface area contributed by atoms with Gasteiger partial charge in [-0.1, -0.05) is 30.7 Å². The molecule has 0 radical (unpaired) electrons. The molecule has 1 N–H and O–H groups in total. The Labute approximate surface area is 124 Å². The normalized spacial score (nSPS) is 12.4. The molecule has 2 aromatic rings. The van der Waals surface area contributed by atoms with E-state index in [9.17, 15) is 4.39 Å². The van der Waals surface area contributed by atoms with E-state index in [4.69, 9.17) is 11.6 Å². The summed E-state index contributed by atoms with van der Waals surface area (Å²) in [6.07, 6.45) is 2.57. The maximum atomic E-state index is 14.0. The van der Waals surface area contributed by atoms with Crippen molar-refractivity contribution in [2.75, 3.05) is 6.54 Å². The Hall–Kier alpha value is -1.45. The van der Waals surface area contributed by atoms with Crippen molar-refractivity contribution in [1.29, 1.82) is 0 Å². The molecule has 0 bridgehead atoms. The Balaban J connectivity index is 2.41. The van der Waals surface area contributed by atoms with E-state index in [0.717, 1.165) is 24.1 Å². The topological polar surface area (TPSA) is 24.9 Å². The van der Waals surface area contributed by atoms with Crippen LogP contribution in [-0.2, 0) is 0 Å². The molecule has 0 aliphatic carbocycles. The zero-order valence-electron chi connectivity index (χ0n) is 11.7. The minimum atomic E-state index is -0.308. The molecule has 1 aromatic carbocycles. The molecule has 0 fully saturated rings. The van der Waals surface area contributed by atoms with Crippen molar-refractivity contribution in [3.63, 3.8) is 0 Å². The smallest absolute Gasteiger partial charge is 0.146 e. The van der Waals surface area contributed by atoms with Gasteiger partial charge in [-0.25, -0.2) is 4.39 Å². The van der Waals surface area contributed by atoms with Gasteiger partial charge in [-0.2, -0.15) is 0 Å². The lowest BCUT2D eigenvalue weighted by atomic mass is 10.0. The van der Waals surface area contributed by atoms with Gasteiger partial charge in [0.25, 0.3) is 0 Å². The fourth-order valence-corrected chi connectivity index (χ4v) is 2.25. The van der Waals surface area contributed by atoms with E-state index in [0.29, 0.717) is 10.7 Å². The van der Waals surface area contributed by atoms with Crippen LogP contribution in [0.25, 0.3) is 0 Å². The molecule has 0 aliphatic heterocycles. The van der Waals surface area contributed by atoms with Gasteiger partial charge in [0.2, 0.25) is 0 Å². The van der Waals surface area contributed by atoms with Gasteiger partial charge in [0.05, 0.1) is 11.7 Å². The van der Waals surface area contributed by atoms with Crippen molar-refractivity contribution < 1.29 is 4.39 Å². The van der Waals surface area contributed by atoms with Crippen molar-refractivity contribution in [2.45, 2.75) is 26.3 Å². The third-order valence-corrected chi connectivity index (χ3v) is 3.60. The van der Waals surface area contributed by atoms with Gasteiger partial charge in [0.15, 0.2) is 0 Å². The number of hydrogen-bond donors (Lipinski definition) is 1. The first-order chi connectivity index (χ1) is 9.63. The molecule has 1 unspecified atom stereocenters. The molecule has 1 heterocycles. The Morgan fingerprint density at radius 3 is 2.80 bits per heavy atom. The van der Waals surface area contributed by atoms with Gasteiger partial charge in [0.1, 0.15) is 5.82 Å². The highest BCUT2D eigenvalue weighted by molar-refractivity contribution is 6.31. The van der Waals surface area contributed by atoms with E-state index in [1.54, 1.807) is 12.3 Å². The molecule has 2 nitrogen and oxygen atoms in total. The highest BCUT2D eigenvalue weighted by Crippen LogP contribution is 2.26. The molecule has 0 aliphatic rings. The second kappa shape index (κ2) is 6.82. The van der Waals surface area contributed by atoms with E-state index >= 15 is 0 Å². The standard InChI is InChI=1S/C16H18ClFN2/c1-3-8-19-15(16-14(18)5-4-9-20-16)12-7-6-11(2)13(17)10-12/h4-7,9-10,15,19H,3,8H2,1-2H3. The molecular weight excluding hydrogens is 275 g/mol. The number of nitrogens with one attached hydrogen (secondary N) is 1. The fraction of sp³-hybridized carbons (Fsp3) is 0.312. The summed E-state index contributed by atoms with van der Waals surface area (Å²) >= 11 is 6.18. The first-order valence-electron chi connectivity index (χ1n) is 6.73. The predicted molar refractivity (Wildman–Crippen MR) is 80.5 cm³/mol. The summed E-state index contributed by atoms with van der Waals surface area (Å²) in [5, 5.41) is 4.01. The quantitative estimate of drug-likeness (QED) is 0.890. The average Bonchev–Trinajstić information content (AvgIpc) is 2.44. The van der Waals surface area contributed by atoms with Crippen molar-refractivity contribution in [2.24, 2.45) is 0 Å². The third kappa shape index (κ3) is 3.35. The molecule has 106 valence electrons. The zero-order valence-corrected chi connectivity index (χ0v) is 12.4. The van der Waals surface area contributed by atoms with Gasteiger partial charge in [-0.15, -0.1) is 0 Å². The average molecular weight is 293 g/mol. The molecule has 20 heavy (non-hydrogen) atoms. The summed E-state index contributed by atoms with van der Waals surface area (Å²) in [5.41, 5.74) is 2.33. The number of rotatable bonds is 5. The Bertz CT molecular complexity index is 586. The van der Waals surface area contributed by atoms with Crippen LogP contribution in [0.4, 0.5) is 4.39 Å². The Morgan fingerprint density at radius 1 is 1.35 bits per heavy atom. The summed E-state index contributed by atoms with van der Waals surface area (Å²) in [6.45, 7) is 4.80. The van der Waals surface area contributed by atoms with E-state index in [1.165, 1.54) is 6.07 Å². The highest BCUT2D eigenvalue weighted by Gasteiger charge is 2.19. The van der Waals surface area contributed by atoms with Crippen molar-refractivity contribution in [3.05, 3.63) is 64.2 Å². The molecule has 4 heteroatoms. The molecule has 1 atom stereocenters. The van der Waals surface area contributed by atoms with E-state index in [-0.39, 0.29) is 11.9 Å². The molecule has 2 rings (SSSR count). The Kier molecular flexibility index (Phi) is 5.10. The third-order valence-electron chi connectivity index (χ3n) is 3.19. The van der Waals surface area contributed by atoms with Crippen LogP contribution in [0.5, 0.6) is 0 Å². The number of pyridine rings is 1. The summed E-state index contributed by atoms with van der Waals surface area (Å²) in [5.74, 6) is -0.308. The summed E-state index contributed by atoms with van der Waals surface area (Å²) in [6, 6.07) is 8.52. The van der Waals surface area contributed by atoms with E-state index < -0.39 is 0 Å². The van der Waals surface area contributed by atoms with Gasteiger partial charge in [-0.05, 0) is 49.2 Å². The van der Waals surface area contributed by atoms with Gasteiger partial charge in [-0.3, -0.25) is 4.98 Å². The lowest BCUT2D eigenvalue weighted by Gasteiger charge is -2.19. The molecule has 0 saturated carbocycles. The number of aryl methyl sites for hydroxylation is 1. The van der Waals surface area contributed by atoms with Crippen LogP contribution in [-0.4, -0.2) is 11.5 Å². The maximum Gasteiger partial charge on any atom is 0.146 e. The number of halogens is 2. The zero-order chi connectivity index (χ0) is 14.5. The fourth-order valence-electron chi connectivity index (χ4n) is 2.06. The van der Waals surface area contributed by atoms with Crippen molar-refractivity contribution >= 4 is 11.6 Å². The number of benzene rings is 1. The SMILES string of the molecule is CCCNC(c1ccc(C)c(Cl)c1)c1ncccc1F. The number of hydrogen-bond acceptors (Lipinski definition) is 2. The van der Waals surface area contributed by atoms with Crippen LogP contribution in [0, 0.1) is 12.7 Å². The molecular formula is C16H18ClFN2. The summed E-state index contributed by atoms with van der Waals surface area (Å²) in [4.78, 5) is 4.18. The molecule has 0 saturated heterocycles. The first kappa shape index (κ1) is 14.9. The summed E-state index contributed by atoms with van der Waals surface area (Å²) < 4.78 is 14.0. The second-order valence-corrected chi connectivity index (χ2v) is 5.17. The largest absolute Gasteiger partial charge is 0.305 e. The molecule has 0 spiro atoms. The van der Waals surface area contributed by atoms with E-state index in [1.807, 2.05) is 25.1 Å². The van der Waals surface area contributed by atoms with Crippen LogP contribution < -0.4 is 5.32 Å². The molecule has 1 aromatic heterocycles. The second-order valence-electron chi connectivity index (χ2n) is 4.77. The minimum absolute atomic E-state index is 0.283. The van der Waals surface area contributed by atoms with Crippen LogP contribution >= 0.6 is 11.6 Å². The lowest BCUT2D eigenvalue weighted by molar-refractivity contribution is 0.531. The van der Waals surface area contributed by atoms with Gasteiger partial charge >= 0.3 is 0 Å². The van der Waals surface area contributed by atoms with Crippen LogP contribution in [0.2, 0.25) is 5.02 Å². The first-order valence-corrected chi connectivity index (χ1v) is 7.11. The number of nitrogens with zero attached hydrogens (tertiary/aromatic N) is 1. The van der Waals surface area contributed by atoms with Crippen molar-refractivity contribution in [3.8, 4) is 0 Å². The van der Waals surface area contributed by atoms with E-state index in [2.05, 4.69) is 17.2 Å². The Morgan fingerprint density at radius 2 is 2.15 bits per heavy atom. The van der Waals surface area contributed by atoms with Gasteiger partial charge < -0.3 is 5.32 Å². The molecule has 0 amide bonds. The predicted octanol–water partition coefficient (Wildman–Crippen LogP) is 4.27.